The molecule has 3 amide bonds. The summed E-state index contributed by atoms with van der Waals surface area (Å²) >= 11 is 9.35. The molecular weight excluding hydrogens is 522 g/mol. The Kier molecular flexibility index (Phi) is 9.49. The van der Waals surface area contributed by atoms with Gasteiger partial charge in [-0.2, -0.15) is 0 Å². The van der Waals surface area contributed by atoms with Crippen molar-refractivity contribution in [2.75, 3.05) is 11.9 Å². The molecule has 0 aromatic heterocycles. The molecule has 3 aromatic rings. The third kappa shape index (κ3) is 7.90. The van der Waals surface area contributed by atoms with E-state index in [9.17, 15) is 14.4 Å². The number of benzene rings is 3. The Bertz CT molecular complexity index is 1160. The highest BCUT2D eigenvalue weighted by atomic mass is 79.9. The molecule has 0 atom stereocenters. The number of hydrazine groups is 1. The number of ether oxygens (including phenoxy) is 1. The van der Waals surface area contributed by atoms with Crippen LogP contribution in [0.1, 0.15) is 28.8 Å². The van der Waals surface area contributed by atoms with E-state index in [4.69, 9.17) is 16.3 Å². The van der Waals surface area contributed by atoms with E-state index in [-0.39, 0.29) is 24.3 Å². The first-order chi connectivity index (χ1) is 16.4. The van der Waals surface area contributed by atoms with Gasteiger partial charge in [-0.25, -0.2) is 0 Å². The second-order valence-electron chi connectivity index (χ2n) is 7.25. The van der Waals surface area contributed by atoms with Crippen LogP contribution in [0, 0.1) is 0 Å². The minimum absolute atomic E-state index is 0.0718. The highest BCUT2D eigenvalue weighted by Crippen LogP contribution is 2.23. The first kappa shape index (κ1) is 25.3. The summed E-state index contributed by atoms with van der Waals surface area (Å²) in [6, 6.07) is 21.7. The lowest BCUT2D eigenvalue weighted by Gasteiger charge is -2.13. The molecule has 7 nitrogen and oxygen atoms in total. The third-order valence-corrected chi connectivity index (χ3v) is 5.54. The van der Waals surface area contributed by atoms with Gasteiger partial charge in [0.25, 0.3) is 5.91 Å². The van der Waals surface area contributed by atoms with Crippen molar-refractivity contribution in [1.82, 2.24) is 10.9 Å². The van der Waals surface area contributed by atoms with Crippen molar-refractivity contribution < 1.29 is 19.1 Å². The lowest BCUT2D eigenvalue weighted by molar-refractivity contribution is -0.124. The molecule has 34 heavy (non-hydrogen) atoms. The smallest absolute Gasteiger partial charge is 0.273 e. The zero-order chi connectivity index (χ0) is 24.3. The fourth-order valence-electron chi connectivity index (χ4n) is 2.99. The van der Waals surface area contributed by atoms with Gasteiger partial charge in [-0.3, -0.25) is 25.2 Å². The number of hydrogen-bond acceptors (Lipinski definition) is 4. The maximum Gasteiger partial charge on any atom is 0.273 e. The van der Waals surface area contributed by atoms with E-state index in [0.29, 0.717) is 34.0 Å². The quantitative estimate of drug-likeness (QED) is 0.334. The molecule has 3 rings (SSSR count). The van der Waals surface area contributed by atoms with E-state index in [1.165, 1.54) is 0 Å². The van der Waals surface area contributed by atoms with Crippen LogP contribution in [0.5, 0.6) is 5.75 Å². The zero-order valence-electron chi connectivity index (χ0n) is 18.1. The highest BCUT2D eigenvalue weighted by molar-refractivity contribution is 9.10. The standard InChI is InChI=1S/C25H23BrClN3O4/c26-18-10-11-22(34-15-14-17-6-2-1-3-7-17)19(16-18)25(33)30-29-24(32)13-12-23(31)28-21-9-5-4-8-20(21)27/h1-11,16H,12-15H2,(H,28,31)(H,29,32)(H,30,33). The molecule has 0 unspecified atom stereocenters. The first-order valence-electron chi connectivity index (χ1n) is 10.5. The van der Waals surface area contributed by atoms with Gasteiger partial charge < -0.3 is 10.1 Å². The maximum absolute atomic E-state index is 12.7. The fourth-order valence-corrected chi connectivity index (χ4v) is 3.53. The van der Waals surface area contributed by atoms with E-state index in [2.05, 4.69) is 32.1 Å². The Morgan fingerprint density at radius 3 is 2.32 bits per heavy atom. The molecule has 3 aromatic carbocycles. The second-order valence-corrected chi connectivity index (χ2v) is 8.58. The summed E-state index contributed by atoms with van der Waals surface area (Å²) in [6.07, 6.45) is 0.498. The number of hydrogen-bond donors (Lipinski definition) is 3. The van der Waals surface area contributed by atoms with Gasteiger partial charge in [0.1, 0.15) is 5.75 Å². The Labute approximate surface area is 210 Å². The van der Waals surface area contributed by atoms with Crippen molar-refractivity contribution in [2.45, 2.75) is 19.3 Å². The Morgan fingerprint density at radius 2 is 1.56 bits per heavy atom. The Hall–Kier alpha value is -3.36. The summed E-state index contributed by atoms with van der Waals surface area (Å²) in [5.74, 6) is -1.02. The van der Waals surface area contributed by atoms with Gasteiger partial charge in [0.05, 0.1) is 22.9 Å². The van der Waals surface area contributed by atoms with Crippen LogP contribution in [0.4, 0.5) is 5.69 Å². The molecule has 0 saturated carbocycles. The predicted octanol–water partition coefficient (Wildman–Crippen LogP) is 4.90. The number of carbonyl (C=O) groups excluding carboxylic acids is 3. The van der Waals surface area contributed by atoms with Crippen molar-refractivity contribution in [2.24, 2.45) is 0 Å². The summed E-state index contributed by atoms with van der Waals surface area (Å²) in [4.78, 5) is 36.8. The van der Waals surface area contributed by atoms with Gasteiger partial charge in [0.2, 0.25) is 11.8 Å². The van der Waals surface area contributed by atoms with Gasteiger partial charge in [-0.1, -0.05) is 70.0 Å². The van der Waals surface area contributed by atoms with Crippen molar-refractivity contribution in [1.29, 1.82) is 0 Å². The summed E-state index contributed by atoms with van der Waals surface area (Å²) in [7, 11) is 0. The second kappa shape index (κ2) is 12.8. The van der Waals surface area contributed by atoms with E-state index >= 15 is 0 Å². The summed E-state index contributed by atoms with van der Waals surface area (Å²) in [5, 5.41) is 3.05. The molecule has 176 valence electrons. The molecule has 0 aliphatic heterocycles. The van der Waals surface area contributed by atoms with Gasteiger partial charge in [0.15, 0.2) is 0 Å². The number of carbonyl (C=O) groups is 3. The molecule has 0 fully saturated rings. The zero-order valence-corrected chi connectivity index (χ0v) is 20.5. The monoisotopic (exact) mass is 543 g/mol. The van der Waals surface area contributed by atoms with Crippen molar-refractivity contribution in [3.63, 3.8) is 0 Å². The molecule has 0 spiro atoms. The largest absolute Gasteiger partial charge is 0.492 e. The Balaban J connectivity index is 1.47. The van der Waals surface area contributed by atoms with Crippen LogP contribution >= 0.6 is 27.5 Å². The van der Waals surface area contributed by atoms with Crippen LogP contribution in [0.25, 0.3) is 0 Å². The lowest BCUT2D eigenvalue weighted by Crippen LogP contribution is -2.42. The van der Waals surface area contributed by atoms with Gasteiger partial charge in [0, 0.05) is 23.7 Å². The van der Waals surface area contributed by atoms with Gasteiger partial charge in [-0.05, 0) is 35.9 Å². The van der Waals surface area contributed by atoms with Crippen LogP contribution in [0.15, 0.2) is 77.3 Å². The van der Waals surface area contributed by atoms with Crippen molar-refractivity contribution >= 4 is 50.9 Å². The number of halogens is 2. The number of anilines is 1. The Morgan fingerprint density at radius 1 is 0.853 bits per heavy atom. The molecule has 0 aliphatic carbocycles. The topological polar surface area (TPSA) is 96.5 Å². The molecule has 9 heteroatoms. The number of para-hydroxylation sites is 1. The number of nitrogens with one attached hydrogen (secondary N) is 3. The van der Waals surface area contributed by atoms with Crippen LogP contribution in [0.3, 0.4) is 0 Å². The van der Waals surface area contributed by atoms with E-state index < -0.39 is 11.8 Å². The molecular formula is C25H23BrClN3O4. The summed E-state index contributed by atoms with van der Waals surface area (Å²) in [5.41, 5.74) is 6.54. The SMILES string of the molecule is O=C(CCC(=O)Nc1ccccc1Cl)NNC(=O)c1cc(Br)ccc1OCCc1ccccc1. The van der Waals surface area contributed by atoms with E-state index in [1.807, 2.05) is 30.3 Å². The normalized spacial score (nSPS) is 10.3. The summed E-state index contributed by atoms with van der Waals surface area (Å²) in [6.45, 7) is 0.388. The van der Waals surface area contributed by atoms with Crippen molar-refractivity contribution in [3.05, 3.63) is 93.4 Å². The minimum atomic E-state index is -0.537. The van der Waals surface area contributed by atoms with Gasteiger partial charge in [-0.15, -0.1) is 0 Å². The molecule has 3 N–H and O–H groups in total. The maximum atomic E-state index is 12.7. The minimum Gasteiger partial charge on any atom is -0.492 e. The molecule has 0 heterocycles. The van der Waals surface area contributed by atoms with Crippen LogP contribution in [0.2, 0.25) is 5.02 Å². The highest BCUT2D eigenvalue weighted by Gasteiger charge is 2.15. The number of amides is 3. The predicted molar refractivity (Wildman–Crippen MR) is 135 cm³/mol. The first-order valence-corrected chi connectivity index (χ1v) is 11.7. The average molecular weight is 545 g/mol. The van der Waals surface area contributed by atoms with Crippen molar-refractivity contribution in [3.8, 4) is 5.75 Å². The molecule has 0 radical (unpaired) electrons. The fraction of sp³-hybridized carbons (Fsp3) is 0.160. The van der Waals surface area contributed by atoms with Gasteiger partial charge >= 0.3 is 0 Å². The average Bonchev–Trinajstić information content (AvgIpc) is 2.84. The number of rotatable bonds is 9. The van der Waals surface area contributed by atoms with Crippen LogP contribution in [-0.2, 0) is 16.0 Å². The molecule has 0 aliphatic rings. The lowest BCUT2D eigenvalue weighted by atomic mass is 10.1. The molecule has 0 saturated heterocycles. The van der Waals surface area contributed by atoms with Crippen LogP contribution < -0.4 is 20.9 Å². The van der Waals surface area contributed by atoms with Crippen LogP contribution in [-0.4, -0.2) is 24.3 Å². The summed E-state index contributed by atoms with van der Waals surface area (Å²) < 4.78 is 6.50. The van der Waals surface area contributed by atoms with E-state index in [1.54, 1.807) is 42.5 Å². The van der Waals surface area contributed by atoms with E-state index in [0.717, 1.165) is 5.56 Å². The molecule has 0 bridgehead atoms. The third-order valence-electron chi connectivity index (χ3n) is 4.72.